The summed E-state index contributed by atoms with van der Waals surface area (Å²) in [5.41, 5.74) is 2.89. The van der Waals surface area contributed by atoms with Gasteiger partial charge in [-0.2, -0.15) is 0 Å². The first-order valence-electron chi connectivity index (χ1n) is 12.3. The lowest BCUT2D eigenvalue weighted by Crippen LogP contribution is -2.31. The predicted molar refractivity (Wildman–Crippen MR) is 136 cm³/mol. The molecule has 1 aliphatic heterocycles. The third-order valence-electron chi connectivity index (χ3n) is 5.46. The van der Waals surface area contributed by atoms with Crippen LogP contribution in [0.4, 0.5) is 0 Å². The highest BCUT2D eigenvalue weighted by Gasteiger charge is 2.07. The standard InChI is InChI=1S/C28H37NO6/c30-28(27-4-2-1-3-5-27)11-10-25-6-8-26(9-7-25)24-29-12-14-31-16-18-33-20-22-35-23-21-34-19-17-32-15-13-29/h1-11H,12-24H2/b11-10+. The lowest BCUT2D eigenvalue weighted by Gasteiger charge is -2.22. The second-order valence-electron chi connectivity index (χ2n) is 8.14. The van der Waals surface area contributed by atoms with Crippen LogP contribution in [0.5, 0.6) is 0 Å². The van der Waals surface area contributed by atoms with Crippen molar-refractivity contribution in [3.63, 3.8) is 0 Å². The van der Waals surface area contributed by atoms with Crippen LogP contribution < -0.4 is 0 Å². The molecule has 0 spiro atoms. The van der Waals surface area contributed by atoms with Crippen molar-refractivity contribution in [3.8, 4) is 0 Å². The molecule has 1 heterocycles. The molecule has 0 aromatic heterocycles. The first-order valence-corrected chi connectivity index (χ1v) is 12.3. The van der Waals surface area contributed by atoms with Gasteiger partial charge in [0.25, 0.3) is 0 Å². The topological polar surface area (TPSA) is 66.5 Å². The Hall–Kier alpha value is -2.39. The molecule has 0 unspecified atom stereocenters. The quantitative estimate of drug-likeness (QED) is 0.477. The van der Waals surface area contributed by atoms with Crippen molar-refractivity contribution >= 4 is 11.9 Å². The number of carbonyl (C=O) groups excluding carboxylic acids is 1. The summed E-state index contributed by atoms with van der Waals surface area (Å²) in [4.78, 5) is 14.6. The summed E-state index contributed by atoms with van der Waals surface area (Å²) in [7, 11) is 0. The van der Waals surface area contributed by atoms with E-state index in [2.05, 4.69) is 17.0 Å². The fourth-order valence-electron chi connectivity index (χ4n) is 3.50. The molecular formula is C28H37NO6. The number of allylic oxidation sites excluding steroid dienone is 1. The summed E-state index contributed by atoms with van der Waals surface area (Å²) in [5, 5.41) is 0. The molecule has 2 aromatic rings. The maximum absolute atomic E-state index is 12.3. The van der Waals surface area contributed by atoms with E-state index in [1.54, 1.807) is 6.08 Å². The fourth-order valence-corrected chi connectivity index (χ4v) is 3.50. The molecule has 0 radical (unpaired) electrons. The van der Waals surface area contributed by atoms with Crippen LogP contribution >= 0.6 is 0 Å². The van der Waals surface area contributed by atoms with E-state index in [-0.39, 0.29) is 5.78 Å². The number of benzene rings is 2. The molecule has 0 aliphatic carbocycles. The van der Waals surface area contributed by atoms with Gasteiger partial charge in [-0.25, -0.2) is 0 Å². The Balaban J connectivity index is 1.48. The van der Waals surface area contributed by atoms with Crippen molar-refractivity contribution in [1.82, 2.24) is 4.90 Å². The SMILES string of the molecule is O=C(/C=C/c1ccc(CN2CCOCCOCCOCCOCCOCC2)cc1)c1ccccc1. The lowest BCUT2D eigenvalue weighted by atomic mass is 10.1. The van der Waals surface area contributed by atoms with Crippen LogP contribution in [0.3, 0.4) is 0 Å². The van der Waals surface area contributed by atoms with Crippen molar-refractivity contribution in [1.29, 1.82) is 0 Å². The van der Waals surface area contributed by atoms with Gasteiger partial charge < -0.3 is 23.7 Å². The molecule has 7 heteroatoms. The zero-order chi connectivity index (χ0) is 24.4. The zero-order valence-corrected chi connectivity index (χ0v) is 20.4. The Bertz CT molecular complexity index is 838. The molecule has 3 rings (SSSR count). The average molecular weight is 484 g/mol. The molecule has 0 saturated carbocycles. The lowest BCUT2D eigenvalue weighted by molar-refractivity contribution is -0.0189. The monoisotopic (exact) mass is 483 g/mol. The van der Waals surface area contributed by atoms with Crippen molar-refractivity contribution in [2.45, 2.75) is 6.54 Å². The summed E-state index contributed by atoms with van der Waals surface area (Å²) in [6.45, 7) is 8.15. The molecule has 1 saturated heterocycles. The number of carbonyl (C=O) groups is 1. The molecule has 0 N–H and O–H groups in total. The maximum Gasteiger partial charge on any atom is 0.185 e. The first-order chi connectivity index (χ1) is 17.3. The Morgan fingerprint density at radius 2 is 1.14 bits per heavy atom. The van der Waals surface area contributed by atoms with Crippen LogP contribution in [0.15, 0.2) is 60.7 Å². The van der Waals surface area contributed by atoms with Crippen LogP contribution in [0, 0.1) is 0 Å². The largest absolute Gasteiger partial charge is 0.378 e. The average Bonchev–Trinajstić information content (AvgIpc) is 2.89. The molecule has 0 atom stereocenters. The summed E-state index contributed by atoms with van der Waals surface area (Å²) >= 11 is 0. The predicted octanol–water partition coefficient (Wildman–Crippen LogP) is 3.48. The van der Waals surface area contributed by atoms with Crippen LogP contribution in [0.1, 0.15) is 21.5 Å². The minimum absolute atomic E-state index is 0.00199. The van der Waals surface area contributed by atoms with Gasteiger partial charge in [0, 0.05) is 25.2 Å². The molecule has 0 amide bonds. The van der Waals surface area contributed by atoms with E-state index in [0.29, 0.717) is 71.6 Å². The van der Waals surface area contributed by atoms with Gasteiger partial charge in [0.05, 0.1) is 66.1 Å². The number of ether oxygens (including phenoxy) is 5. The van der Waals surface area contributed by atoms with E-state index in [1.165, 1.54) is 5.56 Å². The van der Waals surface area contributed by atoms with Crippen molar-refractivity contribution in [2.75, 3.05) is 79.2 Å². The molecule has 190 valence electrons. The molecule has 0 bridgehead atoms. The van der Waals surface area contributed by atoms with E-state index in [0.717, 1.165) is 25.2 Å². The molecule has 1 fully saturated rings. The molecule has 1 aliphatic rings. The molecule has 35 heavy (non-hydrogen) atoms. The van der Waals surface area contributed by atoms with Gasteiger partial charge in [-0.05, 0) is 17.2 Å². The number of hydrogen-bond acceptors (Lipinski definition) is 7. The summed E-state index contributed by atoms with van der Waals surface area (Å²) in [6, 6.07) is 17.6. The summed E-state index contributed by atoms with van der Waals surface area (Å²) < 4.78 is 28.0. The second kappa shape index (κ2) is 17.1. The highest BCUT2D eigenvalue weighted by molar-refractivity contribution is 6.06. The highest BCUT2D eigenvalue weighted by Crippen LogP contribution is 2.10. The second-order valence-corrected chi connectivity index (χ2v) is 8.14. The van der Waals surface area contributed by atoms with Crippen LogP contribution in [0.25, 0.3) is 6.08 Å². The van der Waals surface area contributed by atoms with Gasteiger partial charge in [0.2, 0.25) is 0 Å². The van der Waals surface area contributed by atoms with Crippen molar-refractivity contribution in [2.24, 2.45) is 0 Å². The van der Waals surface area contributed by atoms with E-state index in [9.17, 15) is 4.79 Å². The Morgan fingerprint density at radius 3 is 1.66 bits per heavy atom. The molecule has 7 nitrogen and oxygen atoms in total. The van der Waals surface area contributed by atoms with E-state index in [1.807, 2.05) is 48.5 Å². The number of hydrogen-bond donors (Lipinski definition) is 0. The van der Waals surface area contributed by atoms with E-state index in [4.69, 9.17) is 23.7 Å². The Kier molecular flexibility index (Phi) is 13.3. The van der Waals surface area contributed by atoms with Gasteiger partial charge in [0.15, 0.2) is 5.78 Å². The summed E-state index contributed by atoms with van der Waals surface area (Å²) in [6.07, 6.45) is 3.47. The Labute approximate surface area is 208 Å². The highest BCUT2D eigenvalue weighted by atomic mass is 16.6. The van der Waals surface area contributed by atoms with Crippen LogP contribution in [-0.4, -0.2) is 89.8 Å². The normalized spacial score (nSPS) is 18.6. The molecule has 2 aromatic carbocycles. The van der Waals surface area contributed by atoms with Gasteiger partial charge >= 0.3 is 0 Å². The fraction of sp³-hybridized carbons (Fsp3) is 0.464. The number of nitrogens with zero attached hydrogens (tertiary/aromatic N) is 1. The minimum atomic E-state index is 0.00199. The number of rotatable bonds is 5. The molecular weight excluding hydrogens is 446 g/mol. The summed E-state index contributed by atoms with van der Waals surface area (Å²) in [5.74, 6) is 0.00199. The smallest absolute Gasteiger partial charge is 0.185 e. The maximum atomic E-state index is 12.3. The van der Waals surface area contributed by atoms with Gasteiger partial charge in [-0.15, -0.1) is 0 Å². The zero-order valence-electron chi connectivity index (χ0n) is 20.4. The van der Waals surface area contributed by atoms with Crippen molar-refractivity contribution in [3.05, 3.63) is 77.4 Å². The van der Waals surface area contributed by atoms with Crippen LogP contribution in [0.2, 0.25) is 0 Å². The van der Waals surface area contributed by atoms with Gasteiger partial charge in [-0.3, -0.25) is 9.69 Å². The first kappa shape index (κ1) is 27.2. The van der Waals surface area contributed by atoms with Crippen molar-refractivity contribution < 1.29 is 28.5 Å². The van der Waals surface area contributed by atoms with Crippen LogP contribution in [-0.2, 0) is 30.2 Å². The third kappa shape index (κ3) is 11.7. The minimum Gasteiger partial charge on any atom is -0.378 e. The number of ketones is 1. The van der Waals surface area contributed by atoms with E-state index >= 15 is 0 Å². The van der Waals surface area contributed by atoms with E-state index < -0.39 is 0 Å². The van der Waals surface area contributed by atoms with Gasteiger partial charge in [0.1, 0.15) is 0 Å². The third-order valence-corrected chi connectivity index (χ3v) is 5.46. The Morgan fingerprint density at radius 1 is 0.657 bits per heavy atom. The van der Waals surface area contributed by atoms with Gasteiger partial charge in [-0.1, -0.05) is 60.7 Å².